The van der Waals surface area contributed by atoms with Gasteiger partial charge in [-0.25, -0.2) is 0 Å². The Kier molecular flexibility index (Phi) is 2.10. The molecule has 2 aromatic carbocycles. The minimum absolute atomic E-state index is 0.477. The molecule has 0 amide bonds. The second-order valence-corrected chi connectivity index (χ2v) is 4.31. The van der Waals surface area contributed by atoms with Gasteiger partial charge in [-0.05, 0) is 46.9 Å². The van der Waals surface area contributed by atoms with Gasteiger partial charge in [-0.3, -0.25) is 10.1 Å². The number of hydrogen-bond donors (Lipinski definition) is 1. The van der Waals surface area contributed by atoms with E-state index >= 15 is 0 Å². The van der Waals surface area contributed by atoms with Crippen molar-refractivity contribution in [2.45, 2.75) is 6.42 Å². The molecule has 4 nitrogen and oxygen atoms in total. The van der Waals surface area contributed by atoms with Crippen molar-refractivity contribution in [1.29, 1.82) is 0 Å². The fraction of sp³-hybridized carbons (Fsp3) is 0.0769. The van der Waals surface area contributed by atoms with Crippen LogP contribution in [0.3, 0.4) is 0 Å². The van der Waals surface area contributed by atoms with Crippen LogP contribution in [-0.4, -0.2) is 4.92 Å². The number of benzene rings is 2. The van der Waals surface area contributed by atoms with Crippen molar-refractivity contribution in [2.75, 3.05) is 5.73 Å². The van der Waals surface area contributed by atoms with Gasteiger partial charge in [0.15, 0.2) is 0 Å². The van der Waals surface area contributed by atoms with E-state index in [0.29, 0.717) is 17.7 Å². The molecule has 0 heterocycles. The molecule has 3 rings (SSSR count). The minimum Gasteiger partial charge on any atom is -0.399 e. The smallest absolute Gasteiger partial charge is 0.305 e. The van der Waals surface area contributed by atoms with Gasteiger partial charge in [-0.15, -0.1) is 0 Å². The van der Waals surface area contributed by atoms with Gasteiger partial charge in [-0.1, -0.05) is 6.07 Å². The number of nitro benzene ring substituents is 1. The Labute approximate surface area is 102 Å². The van der Waals surface area contributed by atoms with E-state index in [1.54, 1.807) is 6.07 Å². The molecule has 0 saturated heterocycles. The minimum atomic E-state index is -0.802. The summed E-state index contributed by atoms with van der Waals surface area (Å²) in [4.78, 5) is 9.99. The van der Waals surface area contributed by atoms with Crippen molar-refractivity contribution >= 4 is 11.4 Å². The lowest BCUT2D eigenvalue weighted by molar-refractivity contribution is -0.387. The number of nitrogen functional groups attached to an aromatic ring is 1. The van der Waals surface area contributed by atoms with Crippen LogP contribution >= 0.6 is 0 Å². The van der Waals surface area contributed by atoms with Crippen molar-refractivity contribution in [3.8, 4) is 11.1 Å². The monoisotopic (exact) mass is 244 g/mol. The average Bonchev–Trinajstić information content (AvgIpc) is 2.64. The van der Waals surface area contributed by atoms with Gasteiger partial charge in [-0.2, -0.15) is 4.39 Å². The number of nitrogens with two attached hydrogens (primary N) is 1. The van der Waals surface area contributed by atoms with Crippen molar-refractivity contribution in [1.82, 2.24) is 0 Å². The quantitative estimate of drug-likeness (QED) is 0.406. The maximum atomic E-state index is 13.6. The summed E-state index contributed by atoms with van der Waals surface area (Å²) < 4.78 is 13.6. The molecule has 0 unspecified atom stereocenters. The highest BCUT2D eigenvalue weighted by Crippen LogP contribution is 2.40. The molecule has 0 aliphatic heterocycles. The number of nitro groups is 1. The standard InChI is InChI=1S/C13H9FN2O2/c14-12-6-11-8(5-13(12)16(17)18)3-7-4-9(15)1-2-10(7)11/h1-2,4-6H,3,15H2. The van der Waals surface area contributed by atoms with Crippen LogP contribution in [0.25, 0.3) is 11.1 Å². The molecule has 0 fully saturated rings. The number of hydrogen-bond acceptors (Lipinski definition) is 3. The highest BCUT2D eigenvalue weighted by atomic mass is 19.1. The first kappa shape index (κ1) is 10.7. The van der Waals surface area contributed by atoms with Gasteiger partial charge in [0.1, 0.15) is 0 Å². The molecular weight excluding hydrogens is 235 g/mol. The third kappa shape index (κ3) is 1.44. The molecule has 2 N–H and O–H groups in total. The van der Waals surface area contributed by atoms with Crippen LogP contribution in [-0.2, 0) is 6.42 Å². The normalized spacial score (nSPS) is 12.1. The van der Waals surface area contributed by atoms with E-state index in [0.717, 1.165) is 16.7 Å². The molecule has 1 aliphatic rings. The predicted molar refractivity (Wildman–Crippen MR) is 65.7 cm³/mol. The molecule has 1 aliphatic carbocycles. The zero-order chi connectivity index (χ0) is 12.9. The topological polar surface area (TPSA) is 69.2 Å². The summed E-state index contributed by atoms with van der Waals surface area (Å²) in [5.74, 6) is -0.802. The molecule has 18 heavy (non-hydrogen) atoms. The summed E-state index contributed by atoms with van der Waals surface area (Å²) in [7, 11) is 0. The van der Waals surface area contributed by atoms with Gasteiger partial charge >= 0.3 is 5.69 Å². The average molecular weight is 244 g/mol. The van der Waals surface area contributed by atoms with Gasteiger partial charge in [0.2, 0.25) is 5.82 Å². The van der Waals surface area contributed by atoms with Crippen LogP contribution in [0.4, 0.5) is 15.8 Å². The van der Waals surface area contributed by atoms with E-state index in [1.165, 1.54) is 12.1 Å². The highest BCUT2D eigenvalue weighted by molar-refractivity contribution is 5.79. The summed E-state index contributed by atoms with van der Waals surface area (Å²) in [6.45, 7) is 0. The van der Waals surface area contributed by atoms with Crippen LogP contribution in [0.1, 0.15) is 11.1 Å². The van der Waals surface area contributed by atoms with Gasteiger partial charge in [0.25, 0.3) is 0 Å². The summed E-state index contributed by atoms with van der Waals surface area (Å²) in [6, 6.07) is 7.92. The second-order valence-electron chi connectivity index (χ2n) is 4.31. The molecule has 0 aromatic heterocycles. The predicted octanol–water partition coefficient (Wildman–Crippen LogP) is 2.89. The molecule has 0 bridgehead atoms. The van der Waals surface area contributed by atoms with E-state index in [1.807, 2.05) is 12.1 Å². The first-order valence-corrected chi connectivity index (χ1v) is 5.42. The summed E-state index contributed by atoms with van der Waals surface area (Å²) in [6.07, 6.45) is 0.552. The van der Waals surface area contributed by atoms with Gasteiger partial charge in [0, 0.05) is 11.8 Å². The van der Waals surface area contributed by atoms with E-state index in [4.69, 9.17) is 5.73 Å². The van der Waals surface area contributed by atoms with Crippen LogP contribution < -0.4 is 5.73 Å². The molecule has 5 heteroatoms. The lowest BCUT2D eigenvalue weighted by Gasteiger charge is -2.02. The first-order chi connectivity index (χ1) is 8.56. The van der Waals surface area contributed by atoms with Crippen LogP contribution in [0.2, 0.25) is 0 Å². The fourth-order valence-corrected chi connectivity index (χ4v) is 2.37. The lowest BCUT2D eigenvalue weighted by atomic mass is 10.0. The Hall–Kier alpha value is -2.43. The van der Waals surface area contributed by atoms with E-state index in [-0.39, 0.29) is 0 Å². The molecule has 0 radical (unpaired) electrons. The van der Waals surface area contributed by atoms with E-state index < -0.39 is 16.4 Å². The molecule has 0 saturated carbocycles. The largest absolute Gasteiger partial charge is 0.399 e. The number of anilines is 1. The number of rotatable bonds is 1. The number of fused-ring (bicyclic) bond motifs is 3. The lowest BCUT2D eigenvalue weighted by Crippen LogP contribution is -1.94. The third-order valence-corrected chi connectivity index (χ3v) is 3.17. The third-order valence-electron chi connectivity index (χ3n) is 3.17. The van der Waals surface area contributed by atoms with Gasteiger partial charge in [0.05, 0.1) is 4.92 Å². The Morgan fingerprint density at radius 1 is 1.17 bits per heavy atom. The van der Waals surface area contributed by atoms with Crippen LogP contribution in [0.15, 0.2) is 30.3 Å². The maximum Gasteiger partial charge on any atom is 0.305 e. The van der Waals surface area contributed by atoms with Crippen molar-refractivity contribution in [2.24, 2.45) is 0 Å². The van der Waals surface area contributed by atoms with Crippen LogP contribution in [0, 0.1) is 15.9 Å². The highest BCUT2D eigenvalue weighted by Gasteiger charge is 2.24. The Balaban J connectivity index is 2.21. The summed E-state index contributed by atoms with van der Waals surface area (Å²) in [5, 5.41) is 10.7. The number of halogens is 1. The van der Waals surface area contributed by atoms with E-state index in [2.05, 4.69) is 0 Å². The summed E-state index contributed by atoms with van der Waals surface area (Å²) >= 11 is 0. The molecule has 0 atom stereocenters. The van der Waals surface area contributed by atoms with Gasteiger partial charge < -0.3 is 5.73 Å². The van der Waals surface area contributed by atoms with Crippen molar-refractivity contribution in [3.63, 3.8) is 0 Å². The molecular formula is C13H9FN2O2. The molecule has 2 aromatic rings. The van der Waals surface area contributed by atoms with E-state index in [9.17, 15) is 14.5 Å². The van der Waals surface area contributed by atoms with Crippen molar-refractivity contribution in [3.05, 3.63) is 57.4 Å². The van der Waals surface area contributed by atoms with Crippen LogP contribution in [0.5, 0.6) is 0 Å². The Bertz CT molecular complexity index is 683. The summed E-state index contributed by atoms with van der Waals surface area (Å²) in [5.41, 5.74) is 9.21. The first-order valence-electron chi connectivity index (χ1n) is 5.42. The molecule has 0 spiro atoms. The fourth-order valence-electron chi connectivity index (χ4n) is 2.37. The Morgan fingerprint density at radius 3 is 2.61 bits per heavy atom. The second kappa shape index (κ2) is 3.53. The SMILES string of the molecule is Nc1ccc2c(c1)Cc1cc([N+](=O)[O-])c(F)cc1-2. The maximum absolute atomic E-state index is 13.6. The van der Waals surface area contributed by atoms with Crippen molar-refractivity contribution < 1.29 is 9.31 Å². The molecule has 90 valence electrons. The zero-order valence-electron chi connectivity index (χ0n) is 9.31. The number of nitrogens with zero attached hydrogens (tertiary/aromatic N) is 1. The zero-order valence-corrected chi connectivity index (χ0v) is 9.31. The Morgan fingerprint density at radius 2 is 1.89 bits per heavy atom.